The normalized spacial score (nSPS) is 10.8. The number of aromatic nitrogens is 4. The van der Waals surface area contributed by atoms with Gasteiger partial charge in [-0.25, -0.2) is 14.2 Å². The van der Waals surface area contributed by atoms with Crippen LogP contribution in [0.2, 0.25) is 0 Å². The number of carboxylic acids is 1. The number of nitrogen functional groups attached to an aromatic ring is 1. The number of nitrogens with zero attached hydrogens (tertiary/aromatic N) is 4. The molecule has 12 heteroatoms. The first-order valence-electron chi connectivity index (χ1n) is 10.4. The third-order valence-electron chi connectivity index (χ3n) is 5.12. The van der Waals surface area contributed by atoms with Gasteiger partial charge in [0.25, 0.3) is 17.6 Å². The Hall–Kier alpha value is -4.87. The number of hydrogen-bond acceptors (Lipinski definition) is 7. The Morgan fingerprint density at radius 3 is 2.31 bits per heavy atom. The SMILES string of the molecule is Cc1cc(CNC(=O)c2cc(C(=O)NCc3ccc(C(=O)O)cc3)n3nc(N)nc3n2)ccc1F. The summed E-state index contributed by atoms with van der Waals surface area (Å²) in [7, 11) is 0. The minimum absolute atomic E-state index is 0.0240. The second kappa shape index (κ2) is 9.55. The number of carbonyl (C=O) groups excluding carboxylic acids is 2. The maximum atomic E-state index is 13.5. The van der Waals surface area contributed by atoms with Crippen molar-refractivity contribution in [2.45, 2.75) is 20.0 Å². The Labute approximate surface area is 197 Å². The van der Waals surface area contributed by atoms with Crippen molar-refractivity contribution in [2.75, 3.05) is 5.73 Å². The molecule has 2 aromatic heterocycles. The van der Waals surface area contributed by atoms with Gasteiger partial charge in [-0.1, -0.05) is 24.3 Å². The van der Waals surface area contributed by atoms with Crippen molar-refractivity contribution < 1.29 is 23.9 Å². The summed E-state index contributed by atoms with van der Waals surface area (Å²) in [4.78, 5) is 44.7. The Kier molecular flexibility index (Phi) is 6.36. The van der Waals surface area contributed by atoms with Gasteiger partial charge in [-0.05, 0) is 41.8 Å². The first-order chi connectivity index (χ1) is 16.7. The van der Waals surface area contributed by atoms with Crippen molar-refractivity contribution in [1.29, 1.82) is 0 Å². The zero-order valence-corrected chi connectivity index (χ0v) is 18.4. The van der Waals surface area contributed by atoms with Crippen molar-refractivity contribution in [2.24, 2.45) is 0 Å². The lowest BCUT2D eigenvalue weighted by Crippen LogP contribution is -2.28. The molecule has 0 aliphatic heterocycles. The molecule has 0 fully saturated rings. The van der Waals surface area contributed by atoms with Crippen LogP contribution in [0.4, 0.5) is 10.3 Å². The summed E-state index contributed by atoms with van der Waals surface area (Å²) in [6.07, 6.45) is 0. The summed E-state index contributed by atoms with van der Waals surface area (Å²) in [6, 6.07) is 11.8. The average Bonchev–Trinajstić information content (AvgIpc) is 3.22. The zero-order chi connectivity index (χ0) is 25.1. The number of halogens is 1. The number of amides is 2. The average molecular weight is 477 g/mol. The number of nitrogens with two attached hydrogens (primary N) is 1. The molecule has 0 saturated heterocycles. The molecule has 0 unspecified atom stereocenters. The molecule has 0 spiro atoms. The van der Waals surface area contributed by atoms with Crippen LogP contribution in [0.25, 0.3) is 5.78 Å². The van der Waals surface area contributed by atoms with Crippen LogP contribution in [-0.4, -0.2) is 42.5 Å². The van der Waals surface area contributed by atoms with Gasteiger partial charge in [0.2, 0.25) is 5.95 Å². The Morgan fingerprint density at radius 2 is 1.63 bits per heavy atom. The van der Waals surface area contributed by atoms with Crippen LogP contribution in [0.15, 0.2) is 48.5 Å². The number of anilines is 1. The third-order valence-corrected chi connectivity index (χ3v) is 5.12. The first-order valence-corrected chi connectivity index (χ1v) is 10.4. The summed E-state index contributed by atoms with van der Waals surface area (Å²) in [5.74, 6) is -2.71. The Bertz CT molecular complexity index is 1450. The molecule has 5 N–H and O–H groups in total. The zero-order valence-electron chi connectivity index (χ0n) is 18.4. The minimum atomic E-state index is -1.05. The van der Waals surface area contributed by atoms with E-state index in [0.29, 0.717) is 16.7 Å². The van der Waals surface area contributed by atoms with Gasteiger partial charge in [0, 0.05) is 19.2 Å². The van der Waals surface area contributed by atoms with Crippen LogP contribution >= 0.6 is 0 Å². The standard InChI is InChI=1S/C23H20FN7O4/c1-12-8-14(4-7-16(12)24)11-26-19(32)17-9-18(31-23(28-17)29-22(25)30-31)20(33)27-10-13-2-5-15(6-3-13)21(34)35/h2-9H,10-11H2,1H3,(H2,25,30)(H,26,32)(H,27,33)(H,34,35). The highest BCUT2D eigenvalue weighted by molar-refractivity contribution is 5.98. The lowest BCUT2D eigenvalue weighted by molar-refractivity contribution is 0.0696. The molecule has 35 heavy (non-hydrogen) atoms. The summed E-state index contributed by atoms with van der Waals surface area (Å²) >= 11 is 0. The number of nitrogens with one attached hydrogen (secondary N) is 2. The number of hydrogen-bond donors (Lipinski definition) is 4. The van der Waals surface area contributed by atoms with E-state index in [0.717, 1.165) is 4.52 Å². The largest absolute Gasteiger partial charge is 0.478 e. The summed E-state index contributed by atoms with van der Waals surface area (Å²) in [5.41, 5.74) is 7.48. The van der Waals surface area contributed by atoms with Crippen molar-refractivity contribution in [1.82, 2.24) is 30.2 Å². The second-order valence-corrected chi connectivity index (χ2v) is 7.66. The first kappa shape index (κ1) is 23.3. The minimum Gasteiger partial charge on any atom is -0.478 e. The van der Waals surface area contributed by atoms with E-state index in [2.05, 4.69) is 25.7 Å². The summed E-state index contributed by atoms with van der Waals surface area (Å²) in [5, 5.41) is 18.3. The van der Waals surface area contributed by atoms with E-state index >= 15 is 0 Å². The van der Waals surface area contributed by atoms with E-state index in [9.17, 15) is 18.8 Å². The quantitative estimate of drug-likeness (QED) is 0.312. The highest BCUT2D eigenvalue weighted by Crippen LogP contribution is 2.12. The molecule has 0 aliphatic rings. The fourth-order valence-corrected chi connectivity index (χ4v) is 3.29. The van der Waals surface area contributed by atoms with E-state index in [1.165, 1.54) is 24.3 Å². The molecule has 0 saturated carbocycles. The molecule has 2 aromatic carbocycles. The highest BCUT2D eigenvalue weighted by atomic mass is 19.1. The van der Waals surface area contributed by atoms with E-state index in [1.54, 1.807) is 31.2 Å². The molecule has 2 amide bonds. The number of benzene rings is 2. The van der Waals surface area contributed by atoms with E-state index in [1.807, 2.05) is 0 Å². The van der Waals surface area contributed by atoms with Crippen LogP contribution in [0.1, 0.15) is 48.0 Å². The monoisotopic (exact) mass is 477 g/mol. The third kappa shape index (κ3) is 5.21. The maximum absolute atomic E-state index is 13.5. The van der Waals surface area contributed by atoms with Crippen LogP contribution in [0.5, 0.6) is 0 Å². The number of carbonyl (C=O) groups is 3. The predicted octanol–water partition coefficient (Wildman–Crippen LogP) is 1.71. The molecular formula is C23H20FN7O4. The number of rotatable bonds is 7. The maximum Gasteiger partial charge on any atom is 0.335 e. The van der Waals surface area contributed by atoms with Crippen molar-refractivity contribution >= 4 is 29.5 Å². The van der Waals surface area contributed by atoms with Gasteiger partial charge >= 0.3 is 5.97 Å². The second-order valence-electron chi connectivity index (χ2n) is 7.66. The van der Waals surface area contributed by atoms with Crippen LogP contribution in [-0.2, 0) is 13.1 Å². The molecule has 2 heterocycles. The summed E-state index contributed by atoms with van der Waals surface area (Å²) in [6.45, 7) is 1.84. The molecular weight excluding hydrogens is 457 g/mol. The van der Waals surface area contributed by atoms with Crippen molar-refractivity contribution in [3.63, 3.8) is 0 Å². The topological polar surface area (TPSA) is 165 Å². The molecule has 0 radical (unpaired) electrons. The van der Waals surface area contributed by atoms with Crippen LogP contribution < -0.4 is 16.4 Å². The van der Waals surface area contributed by atoms with Gasteiger partial charge < -0.3 is 21.5 Å². The van der Waals surface area contributed by atoms with Gasteiger partial charge in [0.05, 0.1) is 5.56 Å². The highest BCUT2D eigenvalue weighted by Gasteiger charge is 2.19. The molecule has 0 aliphatic carbocycles. The van der Waals surface area contributed by atoms with Gasteiger partial charge in [-0.2, -0.15) is 9.50 Å². The predicted molar refractivity (Wildman–Crippen MR) is 122 cm³/mol. The van der Waals surface area contributed by atoms with Gasteiger partial charge in [0.15, 0.2) is 0 Å². The van der Waals surface area contributed by atoms with Crippen molar-refractivity contribution in [3.8, 4) is 0 Å². The smallest absolute Gasteiger partial charge is 0.335 e. The van der Waals surface area contributed by atoms with Crippen molar-refractivity contribution in [3.05, 3.63) is 88.0 Å². The fraction of sp³-hybridized carbons (Fsp3) is 0.130. The summed E-state index contributed by atoms with van der Waals surface area (Å²) < 4.78 is 14.6. The molecule has 4 rings (SSSR count). The van der Waals surface area contributed by atoms with E-state index < -0.39 is 17.8 Å². The lowest BCUT2D eigenvalue weighted by atomic mass is 10.1. The number of carboxylic acid groups (broad SMARTS) is 1. The molecule has 4 aromatic rings. The molecule has 0 bridgehead atoms. The van der Waals surface area contributed by atoms with E-state index in [4.69, 9.17) is 10.8 Å². The van der Waals surface area contributed by atoms with E-state index in [-0.39, 0.29) is 47.6 Å². The van der Waals surface area contributed by atoms with Gasteiger partial charge in [-0.15, -0.1) is 5.10 Å². The lowest BCUT2D eigenvalue weighted by Gasteiger charge is -2.10. The van der Waals surface area contributed by atoms with Crippen LogP contribution in [0.3, 0.4) is 0 Å². The number of aromatic carboxylic acids is 1. The van der Waals surface area contributed by atoms with Gasteiger partial charge in [-0.3, -0.25) is 9.59 Å². The Morgan fingerprint density at radius 1 is 0.971 bits per heavy atom. The molecule has 11 nitrogen and oxygen atoms in total. The van der Waals surface area contributed by atoms with Gasteiger partial charge in [0.1, 0.15) is 17.2 Å². The fourth-order valence-electron chi connectivity index (χ4n) is 3.29. The van der Waals surface area contributed by atoms with Crippen LogP contribution in [0, 0.1) is 12.7 Å². The molecule has 0 atom stereocenters. The number of fused-ring (bicyclic) bond motifs is 1. The molecule has 178 valence electrons. The number of aryl methyl sites for hydroxylation is 1. The Balaban J connectivity index is 1.53.